The van der Waals surface area contributed by atoms with E-state index in [1.807, 2.05) is 6.92 Å². The molecular formula is C11H20N2O3. The van der Waals surface area contributed by atoms with E-state index in [0.717, 1.165) is 12.8 Å². The SMILES string of the molecule is CC[C@H](N)C(=O)NCC1(C(=O)O)CCCC1. The monoisotopic (exact) mass is 228 g/mol. The van der Waals surface area contributed by atoms with E-state index >= 15 is 0 Å². The van der Waals surface area contributed by atoms with Crippen molar-refractivity contribution in [3.05, 3.63) is 0 Å². The van der Waals surface area contributed by atoms with E-state index < -0.39 is 17.4 Å². The van der Waals surface area contributed by atoms with Crippen molar-refractivity contribution in [2.45, 2.75) is 45.1 Å². The molecule has 0 aromatic carbocycles. The third-order valence-electron chi connectivity index (χ3n) is 3.39. The van der Waals surface area contributed by atoms with Crippen LogP contribution in [0, 0.1) is 5.41 Å². The minimum Gasteiger partial charge on any atom is -0.481 e. The molecule has 1 saturated carbocycles. The first-order valence-electron chi connectivity index (χ1n) is 5.78. The van der Waals surface area contributed by atoms with Gasteiger partial charge in [0.15, 0.2) is 0 Å². The van der Waals surface area contributed by atoms with Gasteiger partial charge in [-0.3, -0.25) is 9.59 Å². The third kappa shape index (κ3) is 2.72. The molecule has 0 radical (unpaired) electrons. The number of carbonyl (C=O) groups is 2. The van der Waals surface area contributed by atoms with Crippen molar-refractivity contribution in [1.29, 1.82) is 0 Å². The van der Waals surface area contributed by atoms with E-state index in [9.17, 15) is 14.7 Å². The molecule has 5 heteroatoms. The van der Waals surface area contributed by atoms with Crippen molar-refractivity contribution in [1.82, 2.24) is 5.32 Å². The molecule has 1 fully saturated rings. The van der Waals surface area contributed by atoms with Gasteiger partial charge in [0, 0.05) is 6.54 Å². The van der Waals surface area contributed by atoms with Crippen LogP contribution in [0.25, 0.3) is 0 Å². The van der Waals surface area contributed by atoms with Crippen molar-refractivity contribution in [2.75, 3.05) is 6.54 Å². The number of nitrogens with one attached hydrogen (secondary N) is 1. The van der Waals surface area contributed by atoms with Crippen LogP contribution in [-0.4, -0.2) is 29.6 Å². The molecular weight excluding hydrogens is 208 g/mol. The second-order valence-electron chi connectivity index (χ2n) is 4.53. The smallest absolute Gasteiger partial charge is 0.311 e. The van der Waals surface area contributed by atoms with E-state index in [2.05, 4.69) is 5.32 Å². The zero-order chi connectivity index (χ0) is 12.2. The van der Waals surface area contributed by atoms with Gasteiger partial charge in [0.05, 0.1) is 11.5 Å². The molecule has 5 nitrogen and oxygen atoms in total. The number of carboxylic acid groups (broad SMARTS) is 1. The van der Waals surface area contributed by atoms with Crippen LogP contribution >= 0.6 is 0 Å². The van der Waals surface area contributed by atoms with Crippen molar-refractivity contribution in [3.8, 4) is 0 Å². The summed E-state index contributed by atoms with van der Waals surface area (Å²) in [6.45, 7) is 2.03. The van der Waals surface area contributed by atoms with Gasteiger partial charge in [-0.15, -0.1) is 0 Å². The summed E-state index contributed by atoms with van der Waals surface area (Å²) in [5.41, 5.74) is 4.80. The summed E-state index contributed by atoms with van der Waals surface area (Å²) in [6, 6.07) is -0.535. The molecule has 4 N–H and O–H groups in total. The molecule has 0 aromatic heterocycles. The summed E-state index contributed by atoms with van der Waals surface area (Å²) < 4.78 is 0. The topological polar surface area (TPSA) is 92.4 Å². The Bertz CT molecular complexity index is 272. The van der Waals surface area contributed by atoms with E-state index in [-0.39, 0.29) is 12.5 Å². The van der Waals surface area contributed by atoms with Gasteiger partial charge in [0.2, 0.25) is 5.91 Å². The second kappa shape index (κ2) is 5.30. The molecule has 0 heterocycles. The molecule has 0 aromatic rings. The summed E-state index contributed by atoms with van der Waals surface area (Å²) in [5.74, 6) is -1.06. The van der Waals surface area contributed by atoms with Crippen LogP contribution < -0.4 is 11.1 Å². The van der Waals surface area contributed by atoms with Gasteiger partial charge >= 0.3 is 5.97 Å². The minimum absolute atomic E-state index is 0.203. The average Bonchev–Trinajstić information content (AvgIpc) is 2.74. The number of hydrogen-bond donors (Lipinski definition) is 3. The fraction of sp³-hybridized carbons (Fsp3) is 0.818. The Morgan fingerprint density at radius 1 is 1.44 bits per heavy atom. The highest BCUT2D eigenvalue weighted by Crippen LogP contribution is 2.37. The lowest BCUT2D eigenvalue weighted by atomic mass is 9.86. The summed E-state index contributed by atoms with van der Waals surface area (Å²) in [5, 5.41) is 11.8. The molecule has 1 amide bonds. The molecule has 1 aliphatic carbocycles. The number of hydrogen-bond acceptors (Lipinski definition) is 3. The maximum absolute atomic E-state index is 11.5. The predicted octanol–water partition coefficient (Wildman–Crippen LogP) is 0.485. The number of amides is 1. The van der Waals surface area contributed by atoms with Crippen molar-refractivity contribution in [2.24, 2.45) is 11.1 Å². The van der Waals surface area contributed by atoms with E-state index in [1.54, 1.807) is 0 Å². The van der Waals surface area contributed by atoms with Crippen LogP contribution in [-0.2, 0) is 9.59 Å². The standard InChI is InChI=1S/C11H20N2O3/c1-2-8(12)9(14)13-7-11(10(15)16)5-3-4-6-11/h8H,2-7,12H2,1H3,(H,13,14)(H,15,16)/t8-/m0/s1. The maximum atomic E-state index is 11.5. The van der Waals surface area contributed by atoms with Crippen LogP contribution in [0.2, 0.25) is 0 Å². The van der Waals surface area contributed by atoms with Crippen LogP contribution in [0.4, 0.5) is 0 Å². The fourth-order valence-electron chi connectivity index (χ4n) is 2.09. The zero-order valence-corrected chi connectivity index (χ0v) is 9.66. The molecule has 0 saturated heterocycles. The number of carbonyl (C=O) groups excluding carboxylic acids is 1. The Balaban J connectivity index is 2.51. The van der Waals surface area contributed by atoms with Gasteiger partial charge in [-0.05, 0) is 19.3 Å². The van der Waals surface area contributed by atoms with Gasteiger partial charge < -0.3 is 16.2 Å². The maximum Gasteiger partial charge on any atom is 0.311 e. The highest BCUT2D eigenvalue weighted by atomic mass is 16.4. The second-order valence-corrected chi connectivity index (χ2v) is 4.53. The Labute approximate surface area is 95.4 Å². The number of nitrogens with two attached hydrogens (primary N) is 1. The highest BCUT2D eigenvalue weighted by molar-refractivity contribution is 5.82. The predicted molar refractivity (Wildman–Crippen MR) is 59.8 cm³/mol. The largest absolute Gasteiger partial charge is 0.481 e. The van der Waals surface area contributed by atoms with Gasteiger partial charge in [0.25, 0.3) is 0 Å². The van der Waals surface area contributed by atoms with Crippen molar-refractivity contribution >= 4 is 11.9 Å². The summed E-state index contributed by atoms with van der Waals surface area (Å²) in [6.07, 6.45) is 3.68. The molecule has 92 valence electrons. The highest BCUT2D eigenvalue weighted by Gasteiger charge is 2.41. The average molecular weight is 228 g/mol. The van der Waals surface area contributed by atoms with Crippen molar-refractivity contribution in [3.63, 3.8) is 0 Å². The van der Waals surface area contributed by atoms with Gasteiger partial charge in [0.1, 0.15) is 0 Å². The molecule has 0 bridgehead atoms. The lowest BCUT2D eigenvalue weighted by molar-refractivity contribution is -0.148. The van der Waals surface area contributed by atoms with Crippen LogP contribution in [0.15, 0.2) is 0 Å². The third-order valence-corrected chi connectivity index (χ3v) is 3.39. The van der Waals surface area contributed by atoms with E-state index in [0.29, 0.717) is 19.3 Å². The Hall–Kier alpha value is -1.10. The number of rotatable bonds is 5. The molecule has 0 spiro atoms. The lowest BCUT2D eigenvalue weighted by Gasteiger charge is -2.24. The lowest BCUT2D eigenvalue weighted by Crippen LogP contribution is -2.46. The van der Waals surface area contributed by atoms with Gasteiger partial charge in [-0.1, -0.05) is 19.8 Å². The zero-order valence-electron chi connectivity index (χ0n) is 9.66. The van der Waals surface area contributed by atoms with Crippen LogP contribution in [0.1, 0.15) is 39.0 Å². The van der Waals surface area contributed by atoms with Gasteiger partial charge in [-0.2, -0.15) is 0 Å². The normalized spacial score (nSPS) is 20.4. The van der Waals surface area contributed by atoms with E-state index in [4.69, 9.17) is 5.73 Å². The quantitative estimate of drug-likeness (QED) is 0.638. The van der Waals surface area contributed by atoms with Crippen LogP contribution in [0.3, 0.4) is 0 Å². The van der Waals surface area contributed by atoms with Crippen molar-refractivity contribution < 1.29 is 14.7 Å². The summed E-state index contributed by atoms with van der Waals surface area (Å²) in [4.78, 5) is 22.7. The molecule has 0 aliphatic heterocycles. The molecule has 0 unspecified atom stereocenters. The molecule has 1 aliphatic rings. The Morgan fingerprint density at radius 3 is 2.44 bits per heavy atom. The van der Waals surface area contributed by atoms with Crippen LogP contribution in [0.5, 0.6) is 0 Å². The molecule has 1 atom stereocenters. The Morgan fingerprint density at radius 2 is 2.00 bits per heavy atom. The number of aliphatic carboxylic acids is 1. The van der Waals surface area contributed by atoms with E-state index in [1.165, 1.54) is 0 Å². The summed E-state index contributed by atoms with van der Waals surface area (Å²) >= 11 is 0. The first kappa shape index (κ1) is 13.0. The fourth-order valence-corrected chi connectivity index (χ4v) is 2.09. The summed E-state index contributed by atoms with van der Waals surface area (Å²) in [7, 11) is 0. The number of carboxylic acids is 1. The first-order chi connectivity index (χ1) is 7.52. The minimum atomic E-state index is -0.810. The molecule has 1 rings (SSSR count). The van der Waals surface area contributed by atoms with Gasteiger partial charge in [-0.25, -0.2) is 0 Å². The first-order valence-corrected chi connectivity index (χ1v) is 5.78. The Kier molecular flexibility index (Phi) is 4.29. The molecule has 16 heavy (non-hydrogen) atoms.